The Morgan fingerprint density at radius 1 is 1.29 bits per heavy atom. The lowest BCUT2D eigenvalue weighted by Gasteiger charge is -2.17. The van der Waals surface area contributed by atoms with Gasteiger partial charge in [-0.1, -0.05) is 22.0 Å². The van der Waals surface area contributed by atoms with Crippen molar-refractivity contribution in [3.8, 4) is 0 Å². The molecule has 0 radical (unpaired) electrons. The molecule has 3 rings (SSSR count). The third-order valence-electron chi connectivity index (χ3n) is 3.36. The number of fused-ring (bicyclic) bond motifs is 1. The summed E-state index contributed by atoms with van der Waals surface area (Å²) in [5, 5.41) is 0. The van der Waals surface area contributed by atoms with Gasteiger partial charge in [0.15, 0.2) is 0 Å². The number of rotatable bonds is 2. The van der Waals surface area contributed by atoms with Crippen molar-refractivity contribution in [1.29, 1.82) is 0 Å². The Labute approximate surface area is 107 Å². The van der Waals surface area contributed by atoms with Gasteiger partial charge in [-0.05, 0) is 24.1 Å². The lowest BCUT2D eigenvalue weighted by Crippen LogP contribution is -2.32. The van der Waals surface area contributed by atoms with Crippen LogP contribution in [-0.4, -0.2) is 16.7 Å². The predicted molar refractivity (Wildman–Crippen MR) is 65.7 cm³/mol. The molecule has 2 fully saturated rings. The molecule has 17 heavy (non-hydrogen) atoms. The van der Waals surface area contributed by atoms with Crippen LogP contribution in [0.2, 0.25) is 0 Å². The number of carbonyl (C=O) groups is 2. The van der Waals surface area contributed by atoms with E-state index in [9.17, 15) is 9.59 Å². The topological polar surface area (TPSA) is 63.4 Å². The summed E-state index contributed by atoms with van der Waals surface area (Å²) in [4.78, 5) is 25.0. The van der Waals surface area contributed by atoms with Gasteiger partial charge in [-0.25, -0.2) is 0 Å². The molecule has 0 spiro atoms. The molecule has 5 heteroatoms. The van der Waals surface area contributed by atoms with Gasteiger partial charge in [-0.15, -0.1) is 0 Å². The molecular weight excluding hydrogens is 284 g/mol. The molecule has 2 atom stereocenters. The van der Waals surface area contributed by atoms with E-state index >= 15 is 0 Å². The number of nitrogens with two attached hydrogens (primary N) is 1. The third kappa shape index (κ3) is 1.65. The number of imide groups is 1. The summed E-state index contributed by atoms with van der Waals surface area (Å²) in [6.07, 6.45) is 0.747. The zero-order valence-electron chi connectivity index (χ0n) is 9.02. The summed E-state index contributed by atoms with van der Waals surface area (Å²) in [5.74, 6) is -0.113. The van der Waals surface area contributed by atoms with Crippen LogP contribution in [0.5, 0.6) is 0 Å². The van der Waals surface area contributed by atoms with E-state index in [1.54, 1.807) is 12.1 Å². The summed E-state index contributed by atoms with van der Waals surface area (Å²) in [7, 11) is 0. The molecule has 2 amide bonds. The molecule has 1 heterocycles. The number of amides is 2. The van der Waals surface area contributed by atoms with Gasteiger partial charge in [0.25, 0.3) is 0 Å². The fraction of sp³-hybridized carbons (Fsp3) is 0.333. The largest absolute Gasteiger partial charge is 0.399 e. The quantitative estimate of drug-likeness (QED) is 0.665. The molecule has 0 bridgehead atoms. The SMILES string of the molecule is Nc1ccc(CN2C(=O)C3CC3C2=O)c(Br)c1. The van der Waals surface area contributed by atoms with E-state index in [1.807, 2.05) is 6.07 Å². The van der Waals surface area contributed by atoms with Crippen LogP contribution < -0.4 is 5.73 Å². The number of likely N-dealkylation sites (tertiary alicyclic amines) is 1. The highest BCUT2D eigenvalue weighted by atomic mass is 79.9. The highest BCUT2D eigenvalue weighted by molar-refractivity contribution is 9.10. The predicted octanol–water partition coefficient (Wildman–Crippen LogP) is 1.54. The second kappa shape index (κ2) is 3.57. The highest BCUT2D eigenvalue weighted by Crippen LogP contribution is 2.47. The van der Waals surface area contributed by atoms with Crippen LogP contribution in [0.1, 0.15) is 12.0 Å². The Bertz CT molecular complexity index is 509. The van der Waals surface area contributed by atoms with Gasteiger partial charge in [0.1, 0.15) is 0 Å². The van der Waals surface area contributed by atoms with Crippen LogP contribution >= 0.6 is 15.9 Å². The summed E-state index contributed by atoms with van der Waals surface area (Å²) < 4.78 is 0.832. The van der Waals surface area contributed by atoms with E-state index in [1.165, 1.54) is 4.90 Å². The standard InChI is InChI=1S/C12H11BrN2O2/c13-10-3-7(14)2-1-6(10)5-15-11(16)8-4-9(8)12(15)17/h1-3,8-9H,4-5,14H2. The summed E-state index contributed by atoms with van der Waals surface area (Å²) in [6, 6.07) is 5.39. The maximum absolute atomic E-state index is 11.8. The van der Waals surface area contributed by atoms with Crippen LogP contribution in [0.3, 0.4) is 0 Å². The van der Waals surface area contributed by atoms with E-state index < -0.39 is 0 Å². The van der Waals surface area contributed by atoms with Gasteiger partial charge in [-0.2, -0.15) is 0 Å². The first kappa shape index (κ1) is 10.8. The van der Waals surface area contributed by atoms with E-state index in [0.29, 0.717) is 12.2 Å². The number of halogens is 1. The van der Waals surface area contributed by atoms with Crippen molar-refractivity contribution in [2.24, 2.45) is 11.8 Å². The zero-order valence-corrected chi connectivity index (χ0v) is 10.6. The van der Waals surface area contributed by atoms with Gasteiger partial charge < -0.3 is 5.73 Å². The first-order chi connectivity index (χ1) is 8.08. The monoisotopic (exact) mass is 294 g/mol. The summed E-state index contributed by atoms with van der Waals surface area (Å²) in [6.45, 7) is 0.339. The van der Waals surface area contributed by atoms with E-state index in [2.05, 4.69) is 15.9 Å². The molecule has 1 saturated carbocycles. The number of benzene rings is 1. The van der Waals surface area contributed by atoms with Crippen LogP contribution in [-0.2, 0) is 16.1 Å². The van der Waals surface area contributed by atoms with E-state index in [4.69, 9.17) is 5.73 Å². The van der Waals surface area contributed by atoms with Crippen molar-refractivity contribution in [3.05, 3.63) is 28.2 Å². The van der Waals surface area contributed by atoms with Crippen LogP contribution in [0.25, 0.3) is 0 Å². The maximum Gasteiger partial charge on any atom is 0.233 e. The lowest BCUT2D eigenvalue weighted by atomic mass is 10.2. The van der Waals surface area contributed by atoms with E-state index in [0.717, 1.165) is 16.5 Å². The van der Waals surface area contributed by atoms with Crippen molar-refractivity contribution in [3.63, 3.8) is 0 Å². The number of nitrogen functional groups attached to an aromatic ring is 1. The Morgan fingerprint density at radius 2 is 1.94 bits per heavy atom. The average Bonchev–Trinajstić information content (AvgIpc) is 3.02. The molecular formula is C12H11BrN2O2. The van der Waals surface area contributed by atoms with Crippen molar-refractivity contribution < 1.29 is 9.59 Å². The number of hydrogen-bond acceptors (Lipinski definition) is 3. The molecule has 2 N–H and O–H groups in total. The molecule has 2 aliphatic rings. The fourth-order valence-corrected chi connectivity index (χ4v) is 2.79. The number of hydrogen-bond donors (Lipinski definition) is 1. The number of anilines is 1. The van der Waals surface area contributed by atoms with Crippen molar-refractivity contribution in [2.45, 2.75) is 13.0 Å². The minimum Gasteiger partial charge on any atom is -0.399 e. The molecule has 88 valence electrons. The molecule has 1 aliphatic heterocycles. The number of piperidine rings is 1. The summed E-state index contributed by atoms with van der Waals surface area (Å²) >= 11 is 3.39. The summed E-state index contributed by atoms with van der Waals surface area (Å²) in [5.41, 5.74) is 7.20. The minimum absolute atomic E-state index is 0.0243. The first-order valence-electron chi connectivity index (χ1n) is 5.47. The Kier molecular flexibility index (Phi) is 2.26. The molecule has 4 nitrogen and oxygen atoms in total. The second-order valence-electron chi connectivity index (χ2n) is 4.56. The molecule has 1 aliphatic carbocycles. The zero-order chi connectivity index (χ0) is 12.2. The van der Waals surface area contributed by atoms with Gasteiger partial charge in [0.05, 0.1) is 18.4 Å². The second-order valence-corrected chi connectivity index (χ2v) is 5.42. The van der Waals surface area contributed by atoms with Gasteiger partial charge >= 0.3 is 0 Å². The Hall–Kier alpha value is -1.36. The van der Waals surface area contributed by atoms with Gasteiger partial charge in [0, 0.05) is 10.2 Å². The van der Waals surface area contributed by atoms with Crippen molar-refractivity contribution in [1.82, 2.24) is 4.90 Å². The smallest absolute Gasteiger partial charge is 0.233 e. The van der Waals surface area contributed by atoms with Crippen LogP contribution in [0.15, 0.2) is 22.7 Å². The molecule has 2 unspecified atom stereocenters. The van der Waals surface area contributed by atoms with Crippen LogP contribution in [0.4, 0.5) is 5.69 Å². The average molecular weight is 295 g/mol. The first-order valence-corrected chi connectivity index (χ1v) is 6.26. The lowest BCUT2D eigenvalue weighted by molar-refractivity contribution is -0.142. The van der Waals surface area contributed by atoms with Crippen LogP contribution in [0, 0.1) is 11.8 Å². The highest BCUT2D eigenvalue weighted by Gasteiger charge is 2.58. The normalized spacial score (nSPS) is 26.3. The molecule has 0 aromatic heterocycles. The van der Waals surface area contributed by atoms with Crippen molar-refractivity contribution >= 4 is 33.4 Å². The fourth-order valence-electron chi connectivity index (χ4n) is 2.27. The third-order valence-corrected chi connectivity index (χ3v) is 4.10. The Morgan fingerprint density at radius 3 is 2.53 bits per heavy atom. The minimum atomic E-state index is -0.0324. The van der Waals surface area contributed by atoms with E-state index in [-0.39, 0.29) is 23.7 Å². The van der Waals surface area contributed by atoms with Crippen molar-refractivity contribution in [2.75, 3.05) is 5.73 Å². The Balaban J connectivity index is 1.83. The number of nitrogens with zero attached hydrogens (tertiary/aromatic N) is 1. The number of carbonyl (C=O) groups excluding carboxylic acids is 2. The van der Waals surface area contributed by atoms with Gasteiger partial charge in [0.2, 0.25) is 11.8 Å². The molecule has 1 aromatic rings. The molecule has 1 saturated heterocycles. The maximum atomic E-state index is 11.8. The molecule has 1 aromatic carbocycles. The van der Waals surface area contributed by atoms with Gasteiger partial charge in [-0.3, -0.25) is 14.5 Å².